The van der Waals surface area contributed by atoms with Crippen LogP contribution in [0.1, 0.15) is 32.1 Å². The van der Waals surface area contributed by atoms with Crippen LogP contribution in [0.5, 0.6) is 0 Å². The molecule has 148 valence electrons. The van der Waals surface area contributed by atoms with Crippen LogP contribution in [0.4, 0.5) is 5.69 Å². The molecule has 2 heterocycles. The Morgan fingerprint density at radius 3 is 2.30 bits per heavy atom. The summed E-state index contributed by atoms with van der Waals surface area (Å²) in [6.07, 6.45) is 1.68. The topological polar surface area (TPSA) is 113 Å². The number of rotatable bonds is 7. The summed E-state index contributed by atoms with van der Waals surface area (Å²) in [4.78, 5) is 24.6. The number of benzene rings is 1. The molecule has 0 unspecified atom stereocenters. The Kier molecular flexibility index (Phi) is 6.25. The first-order valence-electron chi connectivity index (χ1n) is 9.10. The smallest absolute Gasteiger partial charge is 0.240 e. The van der Waals surface area contributed by atoms with Gasteiger partial charge < -0.3 is 9.84 Å². The standard InChI is InChI=1S/C18H24N2O6S/c21-16(13-8-11-26-12-9-13)7-10-19-27(24,25)15-3-1-14(2-4-15)20-17(22)5-6-18(20)23/h1-4,13,16,19,21H,5-12H2/t16-/m1/s1. The van der Waals surface area contributed by atoms with Gasteiger partial charge in [-0.2, -0.15) is 0 Å². The van der Waals surface area contributed by atoms with Crippen molar-refractivity contribution in [1.29, 1.82) is 0 Å². The van der Waals surface area contributed by atoms with Crippen molar-refractivity contribution >= 4 is 27.5 Å². The molecule has 1 aromatic carbocycles. The van der Waals surface area contributed by atoms with Gasteiger partial charge in [0.25, 0.3) is 0 Å². The molecule has 8 nitrogen and oxygen atoms in total. The first-order chi connectivity index (χ1) is 12.9. The summed E-state index contributed by atoms with van der Waals surface area (Å²) in [5, 5.41) is 10.2. The number of aliphatic hydroxyl groups excluding tert-OH is 1. The van der Waals surface area contributed by atoms with Gasteiger partial charge in [-0.05, 0) is 49.4 Å². The van der Waals surface area contributed by atoms with Gasteiger partial charge in [0.2, 0.25) is 21.8 Å². The molecular weight excluding hydrogens is 372 g/mol. The lowest BCUT2D eigenvalue weighted by Gasteiger charge is -2.26. The number of ether oxygens (including phenoxy) is 1. The Labute approximate surface area is 158 Å². The first-order valence-corrected chi connectivity index (χ1v) is 10.6. The highest BCUT2D eigenvalue weighted by atomic mass is 32.2. The van der Waals surface area contributed by atoms with E-state index in [1.165, 1.54) is 24.3 Å². The van der Waals surface area contributed by atoms with Crippen LogP contribution in [0.3, 0.4) is 0 Å². The van der Waals surface area contributed by atoms with Crippen LogP contribution in [0.2, 0.25) is 0 Å². The Bertz CT molecular complexity index is 771. The second-order valence-corrected chi connectivity index (χ2v) is 8.59. The van der Waals surface area contributed by atoms with Crippen molar-refractivity contribution in [3.63, 3.8) is 0 Å². The Balaban J connectivity index is 1.56. The van der Waals surface area contributed by atoms with Gasteiger partial charge in [0.1, 0.15) is 0 Å². The lowest BCUT2D eigenvalue weighted by Crippen LogP contribution is -2.32. The first kappa shape index (κ1) is 19.9. The van der Waals surface area contributed by atoms with E-state index in [4.69, 9.17) is 4.74 Å². The summed E-state index contributed by atoms with van der Waals surface area (Å²) in [6.45, 7) is 1.38. The maximum absolute atomic E-state index is 12.4. The van der Waals surface area contributed by atoms with Crippen molar-refractivity contribution in [2.75, 3.05) is 24.7 Å². The van der Waals surface area contributed by atoms with E-state index >= 15 is 0 Å². The zero-order chi connectivity index (χ0) is 19.4. The van der Waals surface area contributed by atoms with Crippen molar-refractivity contribution in [1.82, 2.24) is 4.72 Å². The summed E-state index contributed by atoms with van der Waals surface area (Å²) in [7, 11) is -3.73. The fourth-order valence-electron chi connectivity index (χ4n) is 3.40. The van der Waals surface area contributed by atoms with Crippen LogP contribution in [0.15, 0.2) is 29.2 Å². The molecule has 1 atom stereocenters. The summed E-state index contributed by atoms with van der Waals surface area (Å²) in [6, 6.07) is 5.63. The van der Waals surface area contributed by atoms with Gasteiger partial charge in [-0.1, -0.05) is 0 Å². The Hall–Kier alpha value is -1.81. The highest BCUT2D eigenvalue weighted by Gasteiger charge is 2.30. The van der Waals surface area contributed by atoms with E-state index in [1.807, 2.05) is 0 Å². The second-order valence-electron chi connectivity index (χ2n) is 6.82. The maximum Gasteiger partial charge on any atom is 0.240 e. The van der Waals surface area contributed by atoms with Crippen LogP contribution in [-0.2, 0) is 24.3 Å². The molecule has 0 aliphatic carbocycles. The van der Waals surface area contributed by atoms with Crippen LogP contribution in [0, 0.1) is 5.92 Å². The van der Waals surface area contributed by atoms with Gasteiger partial charge in [-0.15, -0.1) is 0 Å². The zero-order valence-corrected chi connectivity index (χ0v) is 15.8. The molecule has 1 aromatic rings. The monoisotopic (exact) mass is 396 g/mol. The largest absolute Gasteiger partial charge is 0.393 e. The SMILES string of the molecule is O=C1CCC(=O)N1c1ccc(S(=O)(=O)NCC[C@@H](O)C2CCOCC2)cc1. The van der Waals surface area contributed by atoms with E-state index in [9.17, 15) is 23.1 Å². The number of carbonyl (C=O) groups is 2. The molecule has 0 aromatic heterocycles. The molecular formula is C18H24N2O6S. The predicted octanol–water partition coefficient (Wildman–Crippen LogP) is 0.796. The quantitative estimate of drug-likeness (QED) is 0.659. The molecule has 9 heteroatoms. The van der Waals surface area contributed by atoms with Crippen molar-refractivity contribution in [3.05, 3.63) is 24.3 Å². The zero-order valence-electron chi connectivity index (χ0n) is 15.0. The minimum absolute atomic E-state index is 0.0471. The number of amides is 2. The van der Waals surface area contributed by atoms with E-state index in [1.54, 1.807) is 0 Å². The number of aliphatic hydroxyl groups is 1. The summed E-state index contributed by atoms with van der Waals surface area (Å²) in [5.74, 6) is -0.426. The van der Waals surface area contributed by atoms with Crippen LogP contribution >= 0.6 is 0 Å². The van der Waals surface area contributed by atoms with Crippen LogP contribution in [-0.4, -0.2) is 51.2 Å². The van der Waals surface area contributed by atoms with E-state index in [0.717, 1.165) is 17.7 Å². The molecule has 2 amide bonds. The molecule has 2 fully saturated rings. The summed E-state index contributed by atoms with van der Waals surface area (Å²) >= 11 is 0. The van der Waals surface area contributed by atoms with Crippen molar-refractivity contribution in [2.24, 2.45) is 5.92 Å². The number of hydrogen-bond acceptors (Lipinski definition) is 6. The number of imide groups is 1. The summed E-state index contributed by atoms with van der Waals surface area (Å²) in [5.41, 5.74) is 0.372. The molecule has 2 aliphatic rings. The van der Waals surface area contributed by atoms with E-state index < -0.39 is 16.1 Å². The third kappa shape index (κ3) is 4.73. The van der Waals surface area contributed by atoms with Gasteiger partial charge in [-0.25, -0.2) is 13.1 Å². The molecule has 2 saturated heterocycles. The number of sulfonamides is 1. The third-order valence-electron chi connectivity index (χ3n) is 5.00. The minimum atomic E-state index is -3.73. The molecule has 0 bridgehead atoms. The van der Waals surface area contributed by atoms with Gasteiger partial charge in [-0.3, -0.25) is 14.5 Å². The second kappa shape index (κ2) is 8.47. The molecule has 0 spiro atoms. The fourth-order valence-corrected chi connectivity index (χ4v) is 4.45. The van der Waals surface area contributed by atoms with Gasteiger partial charge >= 0.3 is 0 Å². The minimum Gasteiger partial charge on any atom is -0.393 e. The van der Waals surface area contributed by atoms with Gasteiger partial charge in [0.15, 0.2) is 0 Å². The van der Waals surface area contributed by atoms with Crippen LogP contribution < -0.4 is 9.62 Å². The lowest BCUT2D eigenvalue weighted by molar-refractivity contribution is -0.121. The number of nitrogens with one attached hydrogen (secondary N) is 1. The van der Waals surface area contributed by atoms with Crippen LogP contribution in [0.25, 0.3) is 0 Å². The van der Waals surface area contributed by atoms with Crippen molar-refractivity contribution in [2.45, 2.75) is 43.1 Å². The third-order valence-corrected chi connectivity index (χ3v) is 6.48. The average molecular weight is 396 g/mol. The highest BCUT2D eigenvalue weighted by Crippen LogP contribution is 2.24. The van der Waals surface area contributed by atoms with Crippen molar-refractivity contribution in [3.8, 4) is 0 Å². The number of anilines is 1. The lowest BCUT2D eigenvalue weighted by atomic mass is 9.92. The molecule has 2 aliphatic heterocycles. The maximum atomic E-state index is 12.4. The Morgan fingerprint density at radius 1 is 1.11 bits per heavy atom. The van der Waals surface area contributed by atoms with Crippen molar-refractivity contribution < 1.29 is 27.9 Å². The number of nitrogens with zero attached hydrogens (tertiary/aromatic N) is 1. The fraction of sp³-hybridized carbons (Fsp3) is 0.556. The summed E-state index contributed by atoms with van der Waals surface area (Å²) < 4.78 is 32.5. The normalized spacial score (nSPS) is 20.3. The number of hydrogen-bond donors (Lipinski definition) is 2. The van der Waals surface area contributed by atoms with E-state index in [-0.39, 0.29) is 42.0 Å². The average Bonchev–Trinajstić information content (AvgIpc) is 3.00. The molecule has 2 N–H and O–H groups in total. The van der Waals surface area contributed by atoms with Gasteiger partial charge in [0, 0.05) is 32.6 Å². The Morgan fingerprint density at radius 2 is 1.70 bits per heavy atom. The van der Waals surface area contributed by atoms with E-state index in [2.05, 4.69) is 4.72 Å². The van der Waals surface area contributed by atoms with E-state index in [0.29, 0.717) is 25.3 Å². The molecule has 0 saturated carbocycles. The molecule has 0 radical (unpaired) electrons. The highest BCUT2D eigenvalue weighted by molar-refractivity contribution is 7.89. The molecule has 27 heavy (non-hydrogen) atoms. The molecule has 3 rings (SSSR count). The predicted molar refractivity (Wildman–Crippen MR) is 97.5 cm³/mol. The van der Waals surface area contributed by atoms with Gasteiger partial charge in [0.05, 0.1) is 16.7 Å². The number of carbonyl (C=O) groups excluding carboxylic acids is 2.